The summed E-state index contributed by atoms with van der Waals surface area (Å²) in [6.45, 7) is 0.446. The number of ether oxygens (including phenoxy) is 1. The van der Waals surface area contributed by atoms with Crippen LogP contribution in [-0.2, 0) is 6.42 Å². The maximum atomic E-state index is 8.46. The molecule has 6 heteroatoms. The predicted octanol–water partition coefficient (Wildman–Crippen LogP) is 3.17. The molecule has 116 valence electrons. The Kier molecular flexibility index (Phi) is 4.63. The van der Waals surface area contributed by atoms with E-state index in [1.807, 2.05) is 42.5 Å². The summed E-state index contributed by atoms with van der Waals surface area (Å²) in [5.74, 6) is 1.84. The maximum Gasteiger partial charge on any atom is 0.257 e. The number of rotatable bonds is 6. The van der Waals surface area contributed by atoms with Gasteiger partial charge in [-0.1, -0.05) is 28.5 Å². The Morgan fingerprint density at radius 3 is 2.61 bits per heavy atom. The quantitative estimate of drug-likeness (QED) is 0.430. The summed E-state index contributed by atoms with van der Waals surface area (Å²) in [5.41, 5.74) is 1.69. The van der Waals surface area contributed by atoms with Crippen LogP contribution in [-0.4, -0.2) is 28.2 Å². The van der Waals surface area contributed by atoms with Crippen LogP contribution < -0.4 is 4.74 Å². The first-order chi connectivity index (χ1) is 11.3. The van der Waals surface area contributed by atoms with E-state index in [0.717, 1.165) is 16.9 Å². The van der Waals surface area contributed by atoms with Gasteiger partial charge in [0.25, 0.3) is 5.89 Å². The molecule has 0 atom stereocenters. The van der Waals surface area contributed by atoms with Gasteiger partial charge in [0.2, 0.25) is 0 Å². The van der Waals surface area contributed by atoms with Gasteiger partial charge in [-0.3, -0.25) is 0 Å². The van der Waals surface area contributed by atoms with Crippen LogP contribution in [0.15, 0.2) is 64.3 Å². The van der Waals surface area contributed by atoms with Crippen molar-refractivity contribution in [2.45, 2.75) is 6.42 Å². The molecule has 3 aromatic rings. The van der Waals surface area contributed by atoms with Crippen LogP contribution in [0.1, 0.15) is 11.4 Å². The van der Waals surface area contributed by atoms with E-state index in [4.69, 9.17) is 14.5 Å². The van der Waals surface area contributed by atoms with Gasteiger partial charge in [-0.05, 0) is 42.0 Å². The number of aromatic nitrogens is 2. The number of hydrogen-bond donors (Lipinski definition) is 1. The molecule has 0 amide bonds. The number of hydrogen-bond acceptors (Lipinski definition) is 6. The van der Waals surface area contributed by atoms with E-state index in [2.05, 4.69) is 15.3 Å². The normalized spacial score (nSPS) is 11.0. The van der Waals surface area contributed by atoms with Crippen LogP contribution in [0.5, 0.6) is 5.75 Å². The number of benzene rings is 2. The van der Waals surface area contributed by atoms with Crippen LogP contribution in [0, 0.1) is 0 Å². The minimum absolute atomic E-state index is 0.446. The Hall–Kier alpha value is -3.15. The van der Waals surface area contributed by atoms with Gasteiger partial charge in [0.05, 0.1) is 12.8 Å². The van der Waals surface area contributed by atoms with Crippen LogP contribution in [0.3, 0.4) is 0 Å². The molecule has 0 radical (unpaired) electrons. The van der Waals surface area contributed by atoms with Gasteiger partial charge < -0.3 is 14.5 Å². The van der Waals surface area contributed by atoms with Crippen molar-refractivity contribution in [1.82, 2.24) is 10.1 Å². The maximum absolute atomic E-state index is 8.46. The molecule has 0 aliphatic carbocycles. The lowest BCUT2D eigenvalue weighted by Gasteiger charge is -2.04. The first kappa shape index (κ1) is 14.8. The molecule has 0 bridgehead atoms. The second kappa shape index (κ2) is 7.22. The highest BCUT2D eigenvalue weighted by Crippen LogP contribution is 2.16. The third-order valence-electron chi connectivity index (χ3n) is 3.17. The molecule has 0 aliphatic rings. The molecule has 0 unspecified atom stereocenters. The van der Waals surface area contributed by atoms with Gasteiger partial charge in [0.1, 0.15) is 5.75 Å². The van der Waals surface area contributed by atoms with Gasteiger partial charge in [-0.2, -0.15) is 4.98 Å². The summed E-state index contributed by atoms with van der Waals surface area (Å²) in [5, 5.41) is 15.4. The summed E-state index contributed by atoms with van der Waals surface area (Å²) < 4.78 is 10.9. The molecule has 6 nitrogen and oxygen atoms in total. The third kappa shape index (κ3) is 3.94. The molecule has 23 heavy (non-hydrogen) atoms. The summed E-state index contributed by atoms with van der Waals surface area (Å²) in [4.78, 5) is 4.35. The van der Waals surface area contributed by atoms with Crippen molar-refractivity contribution in [2.24, 2.45) is 5.16 Å². The Balaban J connectivity index is 1.54. The summed E-state index contributed by atoms with van der Waals surface area (Å²) in [6.07, 6.45) is 1.91. The topological polar surface area (TPSA) is 80.7 Å². The van der Waals surface area contributed by atoms with Gasteiger partial charge in [0, 0.05) is 12.0 Å². The highest BCUT2D eigenvalue weighted by atomic mass is 16.5. The van der Waals surface area contributed by atoms with E-state index >= 15 is 0 Å². The van der Waals surface area contributed by atoms with Crippen molar-refractivity contribution < 1.29 is 14.5 Å². The van der Waals surface area contributed by atoms with Gasteiger partial charge in [-0.15, -0.1) is 0 Å². The molecule has 0 aliphatic heterocycles. The minimum Gasteiger partial charge on any atom is -0.493 e. The van der Waals surface area contributed by atoms with E-state index in [-0.39, 0.29) is 0 Å². The fourth-order valence-corrected chi connectivity index (χ4v) is 2.03. The zero-order chi connectivity index (χ0) is 15.9. The van der Waals surface area contributed by atoms with Gasteiger partial charge in [0.15, 0.2) is 5.82 Å². The monoisotopic (exact) mass is 309 g/mol. The minimum atomic E-state index is 0.446. The molecule has 1 N–H and O–H groups in total. The van der Waals surface area contributed by atoms with Crippen molar-refractivity contribution in [1.29, 1.82) is 0 Å². The highest BCUT2D eigenvalue weighted by Gasteiger charge is 2.08. The zero-order valence-corrected chi connectivity index (χ0v) is 12.3. The lowest BCUT2D eigenvalue weighted by Crippen LogP contribution is -2.02. The smallest absolute Gasteiger partial charge is 0.257 e. The second-order valence-corrected chi connectivity index (χ2v) is 4.79. The summed E-state index contributed by atoms with van der Waals surface area (Å²) in [6, 6.07) is 16.8. The molecule has 0 spiro atoms. The molecule has 0 saturated carbocycles. The summed E-state index contributed by atoms with van der Waals surface area (Å²) >= 11 is 0. The lowest BCUT2D eigenvalue weighted by atomic mass is 10.2. The molecule has 0 fully saturated rings. The molecule has 1 aromatic heterocycles. The van der Waals surface area contributed by atoms with Crippen molar-refractivity contribution in [3.8, 4) is 17.2 Å². The average Bonchev–Trinajstić information content (AvgIpc) is 3.06. The predicted molar refractivity (Wildman–Crippen MR) is 84.8 cm³/mol. The molecule has 2 aromatic carbocycles. The van der Waals surface area contributed by atoms with Crippen LogP contribution in [0.4, 0.5) is 0 Å². The second-order valence-electron chi connectivity index (χ2n) is 4.79. The Morgan fingerprint density at radius 2 is 1.87 bits per heavy atom. The Labute approximate surface area is 133 Å². The fraction of sp³-hybridized carbons (Fsp3) is 0.118. The van der Waals surface area contributed by atoms with Crippen LogP contribution in [0.25, 0.3) is 11.5 Å². The fourth-order valence-electron chi connectivity index (χ4n) is 2.03. The van der Waals surface area contributed by atoms with Crippen molar-refractivity contribution in [3.05, 3.63) is 66.0 Å². The number of oxime groups is 1. The standard InChI is InChI=1S/C17H15N3O3/c21-18-12-13-6-8-15(9-7-13)22-11-10-16-19-17(23-20-16)14-4-2-1-3-5-14/h1-9,12,21H,10-11H2. The van der Waals surface area contributed by atoms with E-state index in [0.29, 0.717) is 24.7 Å². The SMILES string of the molecule is ON=Cc1ccc(OCCc2noc(-c3ccccc3)n2)cc1. The zero-order valence-electron chi connectivity index (χ0n) is 12.3. The van der Waals surface area contributed by atoms with Crippen LogP contribution >= 0.6 is 0 Å². The molecule has 1 heterocycles. The number of nitrogens with zero attached hydrogens (tertiary/aromatic N) is 3. The molecular weight excluding hydrogens is 294 g/mol. The summed E-state index contributed by atoms with van der Waals surface area (Å²) in [7, 11) is 0. The van der Waals surface area contributed by atoms with Crippen molar-refractivity contribution in [2.75, 3.05) is 6.61 Å². The molecule has 0 saturated heterocycles. The van der Waals surface area contributed by atoms with Crippen molar-refractivity contribution >= 4 is 6.21 Å². The third-order valence-corrected chi connectivity index (χ3v) is 3.17. The molecular formula is C17H15N3O3. The van der Waals surface area contributed by atoms with E-state index in [1.54, 1.807) is 12.1 Å². The Bertz CT molecular complexity index is 767. The average molecular weight is 309 g/mol. The van der Waals surface area contributed by atoms with Crippen molar-refractivity contribution in [3.63, 3.8) is 0 Å². The largest absolute Gasteiger partial charge is 0.493 e. The van der Waals surface area contributed by atoms with E-state index in [1.165, 1.54) is 6.21 Å². The van der Waals surface area contributed by atoms with Crippen LogP contribution in [0.2, 0.25) is 0 Å². The highest BCUT2D eigenvalue weighted by molar-refractivity contribution is 5.79. The lowest BCUT2D eigenvalue weighted by molar-refractivity contribution is 0.315. The van der Waals surface area contributed by atoms with E-state index < -0.39 is 0 Å². The Morgan fingerprint density at radius 1 is 1.09 bits per heavy atom. The van der Waals surface area contributed by atoms with Gasteiger partial charge in [-0.25, -0.2) is 0 Å². The first-order valence-electron chi connectivity index (χ1n) is 7.13. The first-order valence-corrected chi connectivity index (χ1v) is 7.13. The van der Waals surface area contributed by atoms with Gasteiger partial charge >= 0.3 is 0 Å². The molecule has 3 rings (SSSR count). The van der Waals surface area contributed by atoms with E-state index in [9.17, 15) is 0 Å².